The van der Waals surface area contributed by atoms with E-state index in [4.69, 9.17) is 4.74 Å². The maximum Gasteiger partial charge on any atom is 0.143 e. The smallest absolute Gasteiger partial charge is 0.143 e. The van der Waals surface area contributed by atoms with E-state index in [0.29, 0.717) is 0 Å². The summed E-state index contributed by atoms with van der Waals surface area (Å²) in [5.74, 6) is 1.67. The number of hydrogen-bond acceptors (Lipinski definition) is 2. The molecule has 0 saturated heterocycles. The molecule has 0 N–H and O–H groups in total. The summed E-state index contributed by atoms with van der Waals surface area (Å²) >= 11 is 0. The van der Waals surface area contributed by atoms with Gasteiger partial charge < -0.3 is 4.74 Å². The van der Waals surface area contributed by atoms with Crippen LogP contribution in [-0.4, -0.2) is 4.98 Å². The molecule has 0 saturated carbocycles. The normalized spacial score (nSPS) is 13.4. The van der Waals surface area contributed by atoms with Gasteiger partial charge in [0.25, 0.3) is 0 Å². The Morgan fingerprint density at radius 1 is 0.581 bits per heavy atom. The lowest BCUT2D eigenvalue weighted by Gasteiger charge is -2.25. The Kier molecular flexibility index (Phi) is 5.36. The van der Waals surface area contributed by atoms with Crippen molar-refractivity contribution in [1.29, 1.82) is 0 Å². The SMILES string of the molecule is C1=Cc2ccc3c(-c4c5ccccc5c(Oc5ccc(-c6ccccc6)cc5)c5ccncc45)ccc4c3c2C(=CC4)C1. The summed E-state index contributed by atoms with van der Waals surface area (Å²) in [5, 5.41) is 7.11. The molecule has 2 aliphatic rings. The number of ether oxygens (including phenoxy) is 1. The average Bonchev–Trinajstić information content (AvgIpc) is 3.08. The summed E-state index contributed by atoms with van der Waals surface area (Å²) in [6.07, 6.45) is 12.8. The van der Waals surface area contributed by atoms with Crippen LogP contribution in [0.4, 0.5) is 0 Å². The molecule has 7 aromatic rings. The van der Waals surface area contributed by atoms with Gasteiger partial charge in [-0.2, -0.15) is 0 Å². The Balaban J connectivity index is 1.26. The fourth-order valence-electron chi connectivity index (χ4n) is 7.09. The van der Waals surface area contributed by atoms with Crippen molar-refractivity contribution >= 4 is 44.0 Å². The first-order valence-corrected chi connectivity index (χ1v) is 14.9. The first-order valence-electron chi connectivity index (χ1n) is 14.9. The van der Waals surface area contributed by atoms with Crippen molar-refractivity contribution in [2.45, 2.75) is 12.8 Å². The van der Waals surface area contributed by atoms with E-state index in [0.717, 1.165) is 40.5 Å². The van der Waals surface area contributed by atoms with Crippen molar-refractivity contribution in [2.75, 3.05) is 0 Å². The minimum atomic E-state index is 0.812. The molecule has 0 fully saturated rings. The van der Waals surface area contributed by atoms with E-state index in [-0.39, 0.29) is 0 Å². The van der Waals surface area contributed by atoms with Gasteiger partial charge in [0.1, 0.15) is 11.5 Å². The van der Waals surface area contributed by atoms with E-state index in [1.165, 1.54) is 60.7 Å². The first-order chi connectivity index (χ1) is 21.3. The highest BCUT2D eigenvalue weighted by molar-refractivity contribution is 6.21. The van der Waals surface area contributed by atoms with Crippen LogP contribution in [0.5, 0.6) is 11.5 Å². The molecule has 9 rings (SSSR count). The fourth-order valence-corrected chi connectivity index (χ4v) is 7.09. The number of hydrogen-bond donors (Lipinski definition) is 0. The fraction of sp³-hybridized carbons (Fsp3) is 0.0488. The summed E-state index contributed by atoms with van der Waals surface area (Å²) in [7, 11) is 0. The highest BCUT2D eigenvalue weighted by Gasteiger charge is 2.23. The number of allylic oxidation sites excluding steroid dienone is 3. The number of aromatic nitrogens is 1. The first kappa shape index (κ1) is 24.2. The Bertz CT molecular complexity index is 2240. The van der Waals surface area contributed by atoms with Gasteiger partial charge in [-0.25, -0.2) is 0 Å². The third kappa shape index (κ3) is 3.77. The zero-order chi connectivity index (χ0) is 28.3. The molecule has 6 aromatic carbocycles. The van der Waals surface area contributed by atoms with Crippen molar-refractivity contribution in [1.82, 2.24) is 4.98 Å². The largest absolute Gasteiger partial charge is 0.456 e. The summed E-state index contributed by atoms with van der Waals surface area (Å²) in [5.41, 5.74) is 10.4. The van der Waals surface area contributed by atoms with Gasteiger partial charge in [-0.3, -0.25) is 4.98 Å². The predicted molar refractivity (Wildman–Crippen MR) is 179 cm³/mol. The van der Waals surface area contributed by atoms with E-state index in [1.807, 2.05) is 18.5 Å². The summed E-state index contributed by atoms with van der Waals surface area (Å²) in [4.78, 5) is 4.62. The molecule has 1 aromatic heterocycles. The van der Waals surface area contributed by atoms with E-state index < -0.39 is 0 Å². The molecule has 0 bridgehead atoms. The molecule has 0 atom stereocenters. The highest BCUT2D eigenvalue weighted by Crippen LogP contribution is 2.48. The molecule has 43 heavy (non-hydrogen) atoms. The van der Waals surface area contributed by atoms with E-state index in [2.05, 4.69) is 126 Å². The molecule has 0 amide bonds. The van der Waals surface area contributed by atoms with Crippen molar-refractivity contribution in [3.8, 4) is 33.8 Å². The molecular formula is C41H27NO. The molecule has 2 aliphatic carbocycles. The topological polar surface area (TPSA) is 22.1 Å². The van der Waals surface area contributed by atoms with Gasteiger partial charge in [-0.15, -0.1) is 0 Å². The summed E-state index contributed by atoms with van der Waals surface area (Å²) in [6.45, 7) is 0. The maximum absolute atomic E-state index is 6.75. The van der Waals surface area contributed by atoms with Gasteiger partial charge in [0.05, 0.1) is 0 Å². The number of benzene rings is 6. The Morgan fingerprint density at radius 3 is 2.26 bits per heavy atom. The van der Waals surface area contributed by atoms with E-state index in [9.17, 15) is 0 Å². The summed E-state index contributed by atoms with van der Waals surface area (Å²) in [6, 6.07) is 38.8. The van der Waals surface area contributed by atoms with Gasteiger partial charge in [-0.1, -0.05) is 109 Å². The molecule has 0 aliphatic heterocycles. The third-order valence-electron chi connectivity index (χ3n) is 9.05. The Labute approximate surface area is 250 Å². The maximum atomic E-state index is 6.75. The Morgan fingerprint density at radius 2 is 1.37 bits per heavy atom. The predicted octanol–water partition coefficient (Wildman–Crippen LogP) is 11.0. The van der Waals surface area contributed by atoms with Gasteiger partial charge in [0.15, 0.2) is 0 Å². The lowest BCUT2D eigenvalue weighted by Crippen LogP contribution is -2.04. The van der Waals surface area contributed by atoms with Crippen LogP contribution in [-0.2, 0) is 6.42 Å². The van der Waals surface area contributed by atoms with Crippen LogP contribution in [0, 0.1) is 0 Å². The van der Waals surface area contributed by atoms with Crippen molar-refractivity contribution in [2.24, 2.45) is 0 Å². The zero-order valence-electron chi connectivity index (χ0n) is 23.5. The number of fused-ring (bicyclic) bond motifs is 2. The van der Waals surface area contributed by atoms with E-state index >= 15 is 0 Å². The summed E-state index contributed by atoms with van der Waals surface area (Å²) < 4.78 is 6.75. The van der Waals surface area contributed by atoms with Gasteiger partial charge in [0, 0.05) is 28.6 Å². The number of rotatable bonds is 4. The van der Waals surface area contributed by atoms with E-state index in [1.54, 1.807) is 0 Å². The zero-order valence-corrected chi connectivity index (χ0v) is 23.5. The van der Waals surface area contributed by atoms with Crippen molar-refractivity contribution < 1.29 is 4.74 Å². The number of nitrogens with zero attached hydrogens (tertiary/aromatic N) is 1. The van der Waals surface area contributed by atoms with Crippen LogP contribution >= 0.6 is 0 Å². The van der Waals surface area contributed by atoms with Crippen LogP contribution in [0.25, 0.3) is 66.2 Å². The molecule has 202 valence electrons. The monoisotopic (exact) mass is 549 g/mol. The standard InChI is InChI=1S/C41H27NO/c1-2-7-26(8-3-1)27-15-19-31(20-16-27)43-41-35-12-5-4-11-32(35)40(37-25-42-24-23-36(37)41)34-22-18-30-14-13-28-9-6-10-29-17-21-33(34)39(30)38(28)29/h1-8,10-13,15-25H,9,14H2. The molecule has 1 heterocycles. The minimum Gasteiger partial charge on any atom is -0.456 e. The number of pyridine rings is 1. The van der Waals surface area contributed by atoms with Crippen LogP contribution < -0.4 is 4.74 Å². The Hall–Kier alpha value is -5.47. The molecule has 0 radical (unpaired) electrons. The average molecular weight is 550 g/mol. The van der Waals surface area contributed by atoms with Gasteiger partial charge >= 0.3 is 0 Å². The molecule has 0 unspecified atom stereocenters. The van der Waals surface area contributed by atoms with Crippen molar-refractivity contribution in [3.05, 3.63) is 150 Å². The molecule has 0 spiro atoms. The second-order valence-corrected chi connectivity index (χ2v) is 11.4. The second kappa shape index (κ2) is 9.54. The molecule has 2 nitrogen and oxygen atoms in total. The van der Waals surface area contributed by atoms with Crippen molar-refractivity contribution in [3.63, 3.8) is 0 Å². The second-order valence-electron chi connectivity index (χ2n) is 11.4. The minimum absolute atomic E-state index is 0.812. The lowest BCUT2D eigenvalue weighted by molar-refractivity contribution is 0.494. The van der Waals surface area contributed by atoms with Crippen LogP contribution in [0.3, 0.4) is 0 Å². The van der Waals surface area contributed by atoms with Gasteiger partial charge in [0.2, 0.25) is 0 Å². The third-order valence-corrected chi connectivity index (χ3v) is 9.05. The molecule has 2 heteroatoms. The quantitative estimate of drug-likeness (QED) is 0.204. The lowest BCUT2D eigenvalue weighted by atomic mass is 9.79. The van der Waals surface area contributed by atoms with Crippen LogP contribution in [0.1, 0.15) is 23.1 Å². The highest BCUT2D eigenvalue weighted by atomic mass is 16.5. The van der Waals surface area contributed by atoms with Crippen LogP contribution in [0.2, 0.25) is 0 Å². The van der Waals surface area contributed by atoms with Crippen LogP contribution in [0.15, 0.2) is 134 Å². The van der Waals surface area contributed by atoms with Gasteiger partial charge in [-0.05, 0) is 91.7 Å². The molecular weight excluding hydrogens is 522 g/mol.